The van der Waals surface area contributed by atoms with Gasteiger partial charge in [0, 0.05) is 5.54 Å². The van der Waals surface area contributed by atoms with E-state index in [1.54, 1.807) is 0 Å². The van der Waals surface area contributed by atoms with Crippen molar-refractivity contribution in [2.45, 2.75) is 18.9 Å². The van der Waals surface area contributed by atoms with Crippen LogP contribution in [0.5, 0.6) is 0 Å². The van der Waals surface area contributed by atoms with Crippen molar-refractivity contribution in [1.29, 1.82) is 0 Å². The zero-order valence-electron chi connectivity index (χ0n) is 8.02. The Kier molecular flexibility index (Phi) is 3.01. The Morgan fingerprint density at radius 3 is 2.79 bits per heavy atom. The summed E-state index contributed by atoms with van der Waals surface area (Å²) in [5.74, 6) is 0.362. The third-order valence-corrected chi connectivity index (χ3v) is 4.23. The minimum atomic E-state index is -2.91. The molecule has 1 atom stereocenters. The van der Waals surface area contributed by atoms with Crippen LogP contribution in [0.4, 0.5) is 0 Å². The number of nitrogens with one attached hydrogen (secondary N) is 1. The second-order valence-electron chi connectivity index (χ2n) is 3.85. The molecule has 0 aliphatic carbocycles. The molecular formula is C7H15N3O3S. The van der Waals surface area contributed by atoms with Crippen LogP contribution < -0.4 is 11.1 Å². The van der Waals surface area contributed by atoms with Crippen molar-refractivity contribution in [1.82, 2.24) is 5.32 Å². The summed E-state index contributed by atoms with van der Waals surface area (Å²) in [5, 5.41) is 14.1. The fourth-order valence-corrected chi connectivity index (χ4v) is 3.61. The van der Waals surface area contributed by atoms with Crippen LogP contribution in [-0.2, 0) is 9.84 Å². The average Bonchev–Trinajstić information content (AvgIpc) is 2.37. The summed E-state index contributed by atoms with van der Waals surface area (Å²) in [5.41, 5.74) is 4.82. The summed E-state index contributed by atoms with van der Waals surface area (Å²) in [6.07, 6.45) is 0.564. The highest BCUT2D eigenvalue weighted by Crippen LogP contribution is 2.22. The topological polar surface area (TPSA) is 105 Å². The first-order chi connectivity index (χ1) is 6.37. The van der Waals surface area contributed by atoms with Crippen molar-refractivity contribution in [2.24, 2.45) is 10.9 Å². The molecule has 82 valence electrons. The van der Waals surface area contributed by atoms with Gasteiger partial charge in [-0.05, 0) is 13.3 Å². The van der Waals surface area contributed by atoms with Crippen molar-refractivity contribution in [2.75, 3.05) is 18.1 Å². The molecule has 1 unspecified atom stereocenters. The van der Waals surface area contributed by atoms with E-state index in [0.29, 0.717) is 6.42 Å². The van der Waals surface area contributed by atoms with E-state index >= 15 is 0 Å². The third kappa shape index (κ3) is 2.85. The van der Waals surface area contributed by atoms with Gasteiger partial charge in [-0.25, -0.2) is 8.42 Å². The molecule has 7 heteroatoms. The maximum absolute atomic E-state index is 11.2. The van der Waals surface area contributed by atoms with E-state index in [-0.39, 0.29) is 23.9 Å². The lowest BCUT2D eigenvalue weighted by molar-refractivity contribution is 0.315. The highest BCUT2D eigenvalue weighted by atomic mass is 32.2. The number of rotatable bonds is 3. The number of oxime groups is 1. The molecule has 1 fully saturated rings. The molecule has 0 aromatic carbocycles. The van der Waals surface area contributed by atoms with Crippen LogP contribution in [0, 0.1) is 0 Å². The molecule has 0 radical (unpaired) electrons. The molecule has 0 aromatic rings. The third-order valence-electron chi connectivity index (χ3n) is 2.33. The summed E-state index contributed by atoms with van der Waals surface area (Å²) in [4.78, 5) is 0. The Morgan fingerprint density at radius 1 is 1.71 bits per heavy atom. The standard InChI is InChI=1S/C7H15N3O3S/c1-7(9-4-6(8)10-11)2-3-14(12,13)5-7/h9,11H,2-5H2,1H3,(H2,8,10). The van der Waals surface area contributed by atoms with E-state index in [4.69, 9.17) is 10.9 Å². The van der Waals surface area contributed by atoms with E-state index in [9.17, 15) is 8.42 Å². The van der Waals surface area contributed by atoms with Gasteiger partial charge in [-0.3, -0.25) is 0 Å². The van der Waals surface area contributed by atoms with Crippen molar-refractivity contribution in [3.8, 4) is 0 Å². The molecule has 1 rings (SSSR count). The molecule has 0 spiro atoms. The molecule has 0 amide bonds. The fourth-order valence-electron chi connectivity index (χ4n) is 1.49. The van der Waals surface area contributed by atoms with Crippen LogP contribution in [-0.4, -0.2) is 43.1 Å². The second-order valence-corrected chi connectivity index (χ2v) is 6.03. The Hall–Kier alpha value is -0.820. The molecule has 0 saturated carbocycles. The molecule has 0 bridgehead atoms. The summed E-state index contributed by atoms with van der Waals surface area (Å²) in [6, 6.07) is 0. The van der Waals surface area contributed by atoms with Gasteiger partial charge < -0.3 is 16.3 Å². The van der Waals surface area contributed by atoms with Gasteiger partial charge >= 0.3 is 0 Å². The Labute approximate surface area is 83.1 Å². The van der Waals surface area contributed by atoms with Gasteiger partial charge in [0.25, 0.3) is 0 Å². The number of nitrogens with two attached hydrogens (primary N) is 1. The van der Waals surface area contributed by atoms with Crippen molar-refractivity contribution in [3.63, 3.8) is 0 Å². The predicted octanol–water partition coefficient (Wildman–Crippen LogP) is -1.10. The predicted molar refractivity (Wildman–Crippen MR) is 53.1 cm³/mol. The number of hydrogen-bond acceptors (Lipinski definition) is 5. The largest absolute Gasteiger partial charge is 0.409 e. The highest BCUT2D eigenvalue weighted by Gasteiger charge is 2.37. The summed E-state index contributed by atoms with van der Waals surface area (Å²) in [6.45, 7) is 2.02. The first-order valence-corrected chi connectivity index (χ1v) is 6.11. The quantitative estimate of drug-likeness (QED) is 0.243. The number of hydrogen-bond donors (Lipinski definition) is 3. The van der Waals surface area contributed by atoms with Crippen LogP contribution in [0.15, 0.2) is 5.16 Å². The van der Waals surface area contributed by atoms with E-state index < -0.39 is 15.4 Å². The van der Waals surface area contributed by atoms with Gasteiger partial charge in [0.15, 0.2) is 15.7 Å². The highest BCUT2D eigenvalue weighted by molar-refractivity contribution is 7.91. The zero-order chi connectivity index (χ0) is 10.8. The van der Waals surface area contributed by atoms with E-state index in [0.717, 1.165) is 0 Å². The van der Waals surface area contributed by atoms with E-state index in [2.05, 4.69) is 10.5 Å². The number of sulfone groups is 1. The molecule has 4 N–H and O–H groups in total. The van der Waals surface area contributed by atoms with E-state index in [1.165, 1.54) is 0 Å². The van der Waals surface area contributed by atoms with Crippen LogP contribution >= 0.6 is 0 Å². The lowest BCUT2D eigenvalue weighted by atomic mass is 10.0. The summed E-state index contributed by atoms with van der Waals surface area (Å²) in [7, 11) is -2.91. The molecule has 1 heterocycles. The molecule has 1 aliphatic heterocycles. The maximum atomic E-state index is 11.2. The SMILES string of the molecule is CC1(NC/C(N)=N/O)CCS(=O)(=O)C1. The molecule has 1 saturated heterocycles. The minimum Gasteiger partial charge on any atom is -0.409 e. The van der Waals surface area contributed by atoms with Gasteiger partial charge in [0.2, 0.25) is 0 Å². The number of nitrogens with zero attached hydrogens (tertiary/aromatic N) is 1. The Balaban J connectivity index is 2.53. The lowest BCUT2D eigenvalue weighted by Crippen LogP contribution is -2.47. The van der Waals surface area contributed by atoms with E-state index in [1.807, 2.05) is 6.92 Å². The van der Waals surface area contributed by atoms with Crippen molar-refractivity contribution < 1.29 is 13.6 Å². The minimum absolute atomic E-state index is 0.0514. The number of amidine groups is 1. The normalized spacial score (nSPS) is 31.9. The van der Waals surface area contributed by atoms with Gasteiger partial charge in [0.05, 0.1) is 18.1 Å². The van der Waals surface area contributed by atoms with Gasteiger partial charge in [0.1, 0.15) is 0 Å². The van der Waals surface area contributed by atoms with Crippen molar-refractivity contribution >= 4 is 15.7 Å². The summed E-state index contributed by atoms with van der Waals surface area (Å²) >= 11 is 0. The van der Waals surface area contributed by atoms with Crippen molar-refractivity contribution in [3.05, 3.63) is 0 Å². The monoisotopic (exact) mass is 221 g/mol. The molecular weight excluding hydrogens is 206 g/mol. The molecule has 0 aromatic heterocycles. The van der Waals surface area contributed by atoms with Gasteiger partial charge in [-0.15, -0.1) is 0 Å². The first-order valence-electron chi connectivity index (χ1n) is 4.29. The zero-order valence-corrected chi connectivity index (χ0v) is 8.84. The Morgan fingerprint density at radius 2 is 2.36 bits per heavy atom. The van der Waals surface area contributed by atoms with Crippen LogP contribution in [0.3, 0.4) is 0 Å². The van der Waals surface area contributed by atoms with Gasteiger partial charge in [-0.2, -0.15) is 0 Å². The van der Waals surface area contributed by atoms with Gasteiger partial charge in [-0.1, -0.05) is 5.16 Å². The van der Waals surface area contributed by atoms with Crippen LogP contribution in [0.2, 0.25) is 0 Å². The molecule has 6 nitrogen and oxygen atoms in total. The maximum Gasteiger partial charge on any atom is 0.153 e. The van der Waals surface area contributed by atoms with Crippen LogP contribution in [0.1, 0.15) is 13.3 Å². The lowest BCUT2D eigenvalue weighted by Gasteiger charge is -2.23. The average molecular weight is 221 g/mol. The second kappa shape index (κ2) is 3.74. The van der Waals surface area contributed by atoms with Crippen LogP contribution in [0.25, 0.3) is 0 Å². The smallest absolute Gasteiger partial charge is 0.153 e. The summed E-state index contributed by atoms with van der Waals surface area (Å²) < 4.78 is 22.4. The molecule has 1 aliphatic rings. The Bertz CT molecular complexity index is 338. The first kappa shape index (κ1) is 11.3. The molecule has 14 heavy (non-hydrogen) atoms. The fraction of sp³-hybridized carbons (Fsp3) is 0.857.